The summed E-state index contributed by atoms with van der Waals surface area (Å²) < 4.78 is 0. The molecular weight excluding hydrogens is 248 g/mol. The molecule has 1 aromatic carbocycles. The molecule has 0 amide bonds. The van der Waals surface area contributed by atoms with E-state index in [-0.39, 0.29) is 0 Å². The summed E-state index contributed by atoms with van der Waals surface area (Å²) in [5.41, 5.74) is 3.01. The number of aryl methyl sites for hydroxylation is 1. The molecule has 15 heavy (non-hydrogen) atoms. The molecule has 2 rings (SSSR count). The van der Waals surface area contributed by atoms with Crippen molar-refractivity contribution >= 4 is 15.9 Å². The van der Waals surface area contributed by atoms with Crippen molar-refractivity contribution in [3.63, 3.8) is 0 Å². The van der Waals surface area contributed by atoms with Crippen LogP contribution in [0, 0.1) is 0 Å². The Balaban J connectivity index is 2.19. The van der Waals surface area contributed by atoms with Crippen molar-refractivity contribution < 1.29 is 0 Å². The van der Waals surface area contributed by atoms with Crippen molar-refractivity contribution in [2.45, 2.75) is 49.8 Å². The molecule has 1 heteroatoms. The van der Waals surface area contributed by atoms with E-state index in [0.717, 1.165) is 12.3 Å². The van der Waals surface area contributed by atoms with Crippen molar-refractivity contribution in [3.8, 4) is 0 Å². The first-order valence-electron chi connectivity index (χ1n) is 6.04. The normalized spacial score (nSPS) is 26.5. The Kier molecular flexibility index (Phi) is 3.85. The molecule has 2 unspecified atom stereocenters. The Hall–Kier alpha value is -0.300. The van der Waals surface area contributed by atoms with Crippen LogP contribution in [0.4, 0.5) is 0 Å². The second kappa shape index (κ2) is 5.16. The van der Waals surface area contributed by atoms with Crippen molar-refractivity contribution in [2.75, 3.05) is 0 Å². The highest BCUT2D eigenvalue weighted by atomic mass is 79.9. The third kappa shape index (κ3) is 2.63. The van der Waals surface area contributed by atoms with Crippen LogP contribution >= 0.6 is 15.9 Å². The largest absolute Gasteiger partial charge is 0.0884 e. The third-order valence-corrected chi connectivity index (χ3v) is 4.57. The van der Waals surface area contributed by atoms with Crippen LogP contribution in [0.5, 0.6) is 0 Å². The summed E-state index contributed by atoms with van der Waals surface area (Å²) in [4.78, 5) is 0.693. The first kappa shape index (κ1) is 11.2. The van der Waals surface area contributed by atoms with Gasteiger partial charge in [0.05, 0.1) is 0 Å². The molecule has 2 atom stereocenters. The highest BCUT2D eigenvalue weighted by Crippen LogP contribution is 2.37. The van der Waals surface area contributed by atoms with E-state index < -0.39 is 0 Å². The molecule has 0 bridgehead atoms. The summed E-state index contributed by atoms with van der Waals surface area (Å²) in [5.74, 6) is 0.741. The van der Waals surface area contributed by atoms with Gasteiger partial charge in [-0.05, 0) is 36.3 Å². The van der Waals surface area contributed by atoms with Crippen LogP contribution in [0.25, 0.3) is 0 Å². The van der Waals surface area contributed by atoms with Gasteiger partial charge in [0, 0.05) is 4.83 Å². The van der Waals surface area contributed by atoms with Gasteiger partial charge < -0.3 is 0 Å². The molecule has 0 heterocycles. The van der Waals surface area contributed by atoms with Gasteiger partial charge in [-0.3, -0.25) is 0 Å². The predicted octanol–water partition coefficient (Wildman–Crippen LogP) is 4.67. The van der Waals surface area contributed by atoms with E-state index in [1.807, 2.05) is 0 Å². The van der Waals surface area contributed by atoms with E-state index in [1.165, 1.54) is 36.8 Å². The number of halogens is 1. The number of benzene rings is 1. The molecule has 0 aromatic heterocycles. The molecule has 0 N–H and O–H groups in total. The summed E-state index contributed by atoms with van der Waals surface area (Å²) >= 11 is 3.84. The SMILES string of the molecule is CCc1cccc(C2CCCCC2Br)c1. The molecule has 1 aliphatic carbocycles. The molecule has 1 fully saturated rings. The van der Waals surface area contributed by atoms with E-state index in [0.29, 0.717) is 4.83 Å². The molecule has 1 aliphatic rings. The Morgan fingerprint density at radius 1 is 1.27 bits per heavy atom. The summed E-state index contributed by atoms with van der Waals surface area (Å²) in [6, 6.07) is 9.13. The molecule has 0 aliphatic heterocycles. The van der Waals surface area contributed by atoms with Crippen LogP contribution in [0.15, 0.2) is 24.3 Å². The lowest BCUT2D eigenvalue weighted by molar-refractivity contribution is 0.461. The monoisotopic (exact) mass is 266 g/mol. The Bertz CT molecular complexity index is 319. The maximum atomic E-state index is 3.84. The van der Waals surface area contributed by atoms with Crippen molar-refractivity contribution in [1.82, 2.24) is 0 Å². The van der Waals surface area contributed by atoms with Crippen molar-refractivity contribution in [3.05, 3.63) is 35.4 Å². The van der Waals surface area contributed by atoms with Gasteiger partial charge in [0.1, 0.15) is 0 Å². The molecular formula is C14H19Br. The van der Waals surface area contributed by atoms with Gasteiger partial charge in [-0.1, -0.05) is 60.0 Å². The summed E-state index contributed by atoms with van der Waals surface area (Å²) in [7, 11) is 0. The minimum Gasteiger partial charge on any atom is -0.0884 e. The van der Waals surface area contributed by atoms with Crippen LogP contribution in [0.3, 0.4) is 0 Å². The molecule has 0 saturated heterocycles. The Morgan fingerprint density at radius 2 is 2.07 bits per heavy atom. The van der Waals surface area contributed by atoms with Gasteiger partial charge >= 0.3 is 0 Å². The maximum absolute atomic E-state index is 3.84. The lowest BCUT2D eigenvalue weighted by Gasteiger charge is -2.28. The smallest absolute Gasteiger partial charge is 0.0214 e. The van der Waals surface area contributed by atoms with Crippen molar-refractivity contribution in [1.29, 1.82) is 0 Å². The van der Waals surface area contributed by atoms with Gasteiger partial charge in [-0.25, -0.2) is 0 Å². The molecule has 0 nitrogen and oxygen atoms in total. The summed E-state index contributed by atoms with van der Waals surface area (Å²) in [6.45, 7) is 2.23. The van der Waals surface area contributed by atoms with E-state index in [4.69, 9.17) is 0 Å². The number of hydrogen-bond acceptors (Lipinski definition) is 0. The minimum absolute atomic E-state index is 0.693. The Labute approximate surface area is 101 Å². The minimum atomic E-state index is 0.693. The second-order valence-corrected chi connectivity index (χ2v) is 5.68. The number of hydrogen-bond donors (Lipinski definition) is 0. The zero-order chi connectivity index (χ0) is 10.7. The summed E-state index contributed by atoms with van der Waals surface area (Å²) in [6.07, 6.45) is 6.61. The first-order chi connectivity index (χ1) is 7.31. The Morgan fingerprint density at radius 3 is 2.80 bits per heavy atom. The van der Waals surface area contributed by atoms with Crippen LogP contribution in [-0.4, -0.2) is 4.83 Å². The van der Waals surface area contributed by atoms with Gasteiger partial charge in [0.15, 0.2) is 0 Å². The molecule has 0 radical (unpaired) electrons. The summed E-state index contributed by atoms with van der Waals surface area (Å²) in [5, 5.41) is 0. The van der Waals surface area contributed by atoms with Crippen LogP contribution < -0.4 is 0 Å². The van der Waals surface area contributed by atoms with E-state index >= 15 is 0 Å². The third-order valence-electron chi connectivity index (χ3n) is 3.47. The zero-order valence-corrected chi connectivity index (χ0v) is 11.0. The average molecular weight is 267 g/mol. The van der Waals surface area contributed by atoms with Gasteiger partial charge in [-0.2, -0.15) is 0 Å². The first-order valence-corrected chi connectivity index (χ1v) is 6.95. The average Bonchev–Trinajstić information content (AvgIpc) is 2.30. The quantitative estimate of drug-likeness (QED) is 0.683. The molecule has 82 valence electrons. The van der Waals surface area contributed by atoms with Gasteiger partial charge in [0.25, 0.3) is 0 Å². The van der Waals surface area contributed by atoms with Crippen LogP contribution in [0.1, 0.15) is 49.7 Å². The van der Waals surface area contributed by atoms with E-state index in [9.17, 15) is 0 Å². The van der Waals surface area contributed by atoms with Crippen LogP contribution in [0.2, 0.25) is 0 Å². The fourth-order valence-corrected chi connectivity index (χ4v) is 3.40. The maximum Gasteiger partial charge on any atom is 0.0214 e. The van der Waals surface area contributed by atoms with E-state index in [1.54, 1.807) is 0 Å². The fraction of sp³-hybridized carbons (Fsp3) is 0.571. The van der Waals surface area contributed by atoms with E-state index in [2.05, 4.69) is 47.1 Å². The highest BCUT2D eigenvalue weighted by Gasteiger charge is 2.23. The topological polar surface area (TPSA) is 0 Å². The lowest BCUT2D eigenvalue weighted by atomic mass is 9.83. The molecule has 1 aromatic rings. The lowest BCUT2D eigenvalue weighted by Crippen LogP contribution is -2.17. The van der Waals surface area contributed by atoms with Crippen molar-refractivity contribution in [2.24, 2.45) is 0 Å². The standard InChI is InChI=1S/C14H19Br/c1-2-11-6-5-7-12(10-11)13-8-3-4-9-14(13)15/h5-7,10,13-14H,2-4,8-9H2,1H3. The number of alkyl halides is 1. The van der Waals surface area contributed by atoms with Gasteiger partial charge in [-0.15, -0.1) is 0 Å². The fourth-order valence-electron chi connectivity index (χ4n) is 2.50. The molecule has 1 saturated carbocycles. The zero-order valence-electron chi connectivity index (χ0n) is 9.38. The van der Waals surface area contributed by atoms with Crippen LogP contribution in [-0.2, 0) is 6.42 Å². The highest BCUT2D eigenvalue weighted by molar-refractivity contribution is 9.09. The second-order valence-electron chi connectivity index (χ2n) is 4.51. The number of rotatable bonds is 2. The molecule has 0 spiro atoms. The predicted molar refractivity (Wildman–Crippen MR) is 69.7 cm³/mol. The van der Waals surface area contributed by atoms with Gasteiger partial charge in [0.2, 0.25) is 0 Å².